The molecular formula is C20H33N5O3. The third kappa shape index (κ3) is 4.09. The van der Waals surface area contributed by atoms with E-state index in [1.165, 1.54) is 6.42 Å². The van der Waals surface area contributed by atoms with Gasteiger partial charge in [-0.2, -0.15) is 0 Å². The highest BCUT2D eigenvalue weighted by Gasteiger charge is 2.43. The Bertz CT molecular complexity index is 673. The van der Waals surface area contributed by atoms with Crippen LogP contribution in [0.15, 0.2) is 6.20 Å². The van der Waals surface area contributed by atoms with Gasteiger partial charge in [0.05, 0.1) is 25.3 Å². The monoisotopic (exact) mass is 391 g/mol. The van der Waals surface area contributed by atoms with Crippen molar-refractivity contribution in [3.8, 4) is 0 Å². The first-order valence-corrected chi connectivity index (χ1v) is 10.7. The Morgan fingerprint density at radius 3 is 2.93 bits per heavy atom. The summed E-state index contributed by atoms with van der Waals surface area (Å²) in [6, 6.07) is 0.386. The summed E-state index contributed by atoms with van der Waals surface area (Å²) in [7, 11) is 1.65. The SMILES string of the molecule is COCCNC(=O)C1CN2CCC1CC2Cn1cc(C2(O)CCCCC2)nn1. The number of aliphatic hydroxyl groups is 1. The van der Waals surface area contributed by atoms with E-state index < -0.39 is 5.60 Å². The number of piperidine rings is 3. The highest BCUT2D eigenvalue weighted by Crippen LogP contribution is 2.38. The van der Waals surface area contributed by atoms with E-state index >= 15 is 0 Å². The van der Waals surface area contributed by atoms with E-state index in [1.807, 2.05) is 10.9 Å². The minimum absolute atomic E-state index is 0.0797. The lowest BCUT2D eigenvalue weighted by Gasteiger charge is -2.49. The zero-order valence-corrected chi connectivity index (χ0v) is 16.8. The van der Waals surface area contributed by atoms with Crippen LogP contribution in [0.25, 0.3) is 0 Å². The van der Waals surface area contributed by atoms with Gasteiger partial charge in [0, 0.05) is 26.2 Å². The minimum Gasteiger partial charge on any atom is -0.383 e. The van der Waals surface area contributed by atoms with Crippen LogP contribution in [0.3, 0.4) is 0 Å². The van der Waals surface area contributed by atoms with Crippen molar-refractivity contribution in [2.24, 2.45) is 11.8 Å². The van der Waals surface area contributed by atoms with Crippen molar-refractivity contribution in [3.63, 3.8) is 0 Å². The van der Waals surface area contributed by atoms with Gasteiger partial charge in [-0.3, -0.25) is 14.4 Å². The second-order valence-corrected chi connectivity index (χ2v) is 8.74. The summed E-state index contributed by atoms with van der Waals surface area (Å²) >= 11 is 0. The average molecular weight is 392 g/mol. The first-order valence-electron chi connectivity index (χ1n) is 10.7. The van der Waals surface area contributed by atoms with E-state index in [9.17, 15) is 9.90 Å². The van der Waals surface area contributed by atoms with Crippen LogP contribution >= 0.6 is 0 Å². The van der Waals surface area contributed by atoms with E-state index in [1.54, 1.807) is 7.11 Å². The number of aromatic nitrogens is 3. The predicted molar refractivity (Wildman–Crippen MR) is 103 cm³/mol. The molecule has 2 bridgehead atoms. The molecule has 4 unspecified atom stereocenters. The average Bonchev–Trinajstić information content (AvgIpc) is 3.19. The molecule has 1 aromatic heterocycles. The molecule has 0 spiro atoms. The van der Waals surface area contributed by atoms with Gasteiger partial charge in [0.15, 0.2) is 0 Å². The Morgan fingerprint density at radius 1 is 1.39 bits per heavy atom. The Hall–Kier alpha value is -1.51. The van der Waals surface area contributed by atoms with Crippen molar-refractivity contribution < 1.29 is 14.6 Å². The Kier molecular flexibility index (Phi) is 5.99. The molecule has 8 heteroatoms. The predicted octanol–water partition coefficient (Wildman–Crippen LogP) is 0.903. The standard InChI is InChI=1S/C20H33N5O3/c1-28-10-8-21-19(26)17-13-24-9-5-15(17)11-16(24)12-25-14-18(22-23-25)20(27)6-3-2-4-7-20/h14-17,27H,2-13H2,1H3,(H,21,26). The van der Waals surface area contributed by atoms with Crippen LogP contribution < -0.4 is 5.32 Å². The Morgan fingerprint density at radius 2 is 2.21 bits per heavy atom. The van der Waals surface area contributed by atoms with Gasteiger partial charge in [0.2, 0.25) is 5.91 Å². The molecule has 5 rings (SSSR count). The molecule has 1 amide bonds. The maximum absolute atomic E-state index is 12.5. The van der Waals surface area contributed by atoms with E-state index in [-0.39, 0.29) is 11.8 Å². The van der Waals surface area contributed by atoms with Gasteiger partial charge in [0.25, 0.3) is 0 Å². The summed E-state index contributed by atoms with van der Waals surface area (Å²) < 4.78 is 6.91. The van der Waals surface area contributed by atoms with Crippen molar-refractivity contribution in [1.82, 2.24) is 25.2 Å². The van der Waals surface area contributed by atoms with Gasteiger partial charge in [-0.05, 0) is 38.1 Å². The molecule has 4 fully saturated rings. The van der Waals surface area contributed by atoms with Crippen LogP contribution in [0.2, 0.25) is 0 Å². The third-order valence-electron chi connectivity index (χ3n) is 6.91. The zero-order valence-electron chi connectivity index (χ0n) is 16.8. The number of nitrogens with zero attached hydrogens (tertiary/aromatic N) is 4. The number of nitrogens with one attached hydrogen (secondary N) is 1. The van der Waals surface area contributed by atoms with Gasteiger partial charge >= 0.3 is 0 Å². The molecule has 3 aliphatic heterocycles. The molecule has 8 nitrogen and oxygen atoms in total. The van der Waals surface area contributed by atoms with Crippen LogP contribution in [0.1, 0.15) is 50.6 Å². The molecule has 1 saturated carbocycles. The summed E-state index contributed by atoms with van der Waals surface area (Å²) in [6.45, 7) is 3.77. The second kappa shape index (κ2) is 8.47. The maximum Gasteiger partial charge on any atom is 0.224 e. The molecule has 4 heterocycles. The largest absolute Gasteiger partial charge is 0.383 e. The van der Waals surface area contributed by atoms with E-state index in [0.717, 1.165) is 63.9 Å². The first-order chi connectivity index (χ1) is 13.6. The van der Waals surface area contributed by atoms with Crippen molar-refractivity contribution in [1.29, 1.82) is 0 Å². The summed E-state index contributed by atoms with van der Waals surface area (Å²) in [5, 5.41) is 22.5. The fourth-order valence-electron chi connectivity index (χ4n) is 5.24. The number of carbonyl (C=O) groups excluding carboxylic acids is 1. The number of carbonyl (C=O) groups is 1. The summed E-state index contributed by atoms with van der Waals surface area (Å²) in [5.41, 5.74) is -0.0770. The van der Waals surface area contributed by atoms with Crippen LogP contribution in [0.4, 0.5) is 0 Å². The zero-order chi connectivity index (χ0) is 19.6. The lowest BCUT2D eigenvalue weighted by atomic mass is 9.75. The smallest absolute Gasteiger partial charge is 0.224 e. The minimum atomic E-state index is -0.798. The number of ether oxygens (including phenoxy) is 1. The van der Waals surface area contributed by atoms with Gasteiger partial charge in [0.1, 0.15) is 11.3 Å². The summed E-state index contributed by atoms with van der Waals surface area (Å²) in [5.74, 6) is 0.673. The van der Waals surface area contributed by atoms with E-state index in [2.05, 4.69) is 20.5 Å². The molecule has 1 aliphatic carbocycles. The fourth-order valence-corrected chi connectivity index (χ4v) is 5.24. The molecular weight excluding hydrogens is 358 g/mol. The van der Waals surface area contributed by atoms with Gasteiger partial charge in [-0.25, -0.2) is 0 Å². The topological polar surface area (TPSA) is 92.5 Å². The van der Waals surface area contributed by atoms with Crippen molar-refractivity contribution in [3.05, 3.63) is 11.9 Å². The summed E-state index contributed by atoms with van der Waals surface area (Å²) in [4.78, 5) is 14.9. The number of fused-ring (bicyclic) bond motifs is 3. The number of hydrogen-bond acceptors (Lipinski definition) is 6. The van der Waals surface area contributed by atoms with Crippen LogP contribution in [0, 0.1) is 11.8 Å². The Balaban J connectivity index is 1.34. The van der Waals surface area contributed by atoms with E-state index in [4.69, 9.17) is 4.74 Å². The highest BCUT2D eigenvalue weighted by atomic mass is 16.5. The normalized spacial score (nSPS) is 31.6. The number of rotatable bonds is 7. The van der Waals surface area contributed by atoms with Crippen molar-refractivity contribution in [2.45, 2.75) is 63.1 Å². The lowest BCUT2D eigenvalue weighted by molar-refractivity contribution is -0.133. The van der Waals surface area contributed by atoms with Crippen molar-refractivity contribution in [2.75, 3.05) is 33.4 Å². The lowest BCUT2D eigenvalue weighted by Crippen LogP contribution is -2.58. The molecule has 4 aliphatic rings. The number of methoxy groups -OCH3 is 1. The molecule has 3 saturated heterocycles. The van der Waals surface area contributed by atoms with Crippen molar-refractivity contribution >= 4 is 5.91 Å². The maximum atomic E-state index is 12.5. The van der Waals surface area contributed by atoms with Crippen LogP contribution in [-0.4, -0.2) is 70.3 Å². The molecule has 2 N–H and O–H groups in total. The van der Waals surface area contributed by atoms with Gasteiger partial charge in [-0.1, -0.05) is 24.5 Å². The van der Waals surface area contributed by atoms with Gasteiger partial charge < -0.3 is 15.2 Å². The Labute approximate surface area is 166 Å². The molecule has 1 aromatic rings. The summed E-state index contributed by atoms with van der Waals surface area (Å²) in [6.07, 6.45) is 8.89. The molecule has 28 heavy (non-hydrogen) atoms. The molecule has 0 aromatic carbocycles. The van der Waals surface area contributed by atoms with Crippen LogP contribution in [-0.2, 0) is 21.7 Å². The molecule has 0 radical (unpaired) electrons. The third-order valence-corrected chi connectivity index (χ3v) is 6.91. The molecule has 156 valence electrons. The number of amides is 1. The van der Waals surface area contributed by atoms with E-state index in [0.29, 0.717) is 25.1 Å². The van der Waals surface area contributed by atoms with Crippen LogP contribution in [0.5, 0.6) is 0 Å². The first kappa shape index (κ1) is 19.8. The quantitative estimate of drug-likeness (QED) is 0.671. The number of hydrogen-bond donors (Lipinski definition) is 2. The molecule has 4 atom stereocenters. The van der Waals surface area contributed by atoms with Gasteiger partial charge in [-0.15, -0.1) is 5.10 Å². The highest BCUT2D eigenvalue weighted by molar-refractivity contribution is 5.79. The fraction of sp³-hybridized carbons (Fsp3) is 0.850. The second-order valence-electron chi connectivity index (χ2n) is 8.74.